The Balaban J connectivity index is 2.30. The standard InChI is InChI=1S/C14H8F3N3O2/c15-14(16,17)10-4-2-1-3-8(10)11-7-9(13(21)22)12-18-5-6-20(12)19-11/h1-7H,(H,21,22). The molecule has 0 aliphatic heterocycles. The molecule has 1 N–H and O–H groups in total. The largest absolute Gasteiger partial charge is 0.478 e. The van der Waals surface area contributed by atoms with Gasteiger partial charge in [-0.3, -0.25) is 0 Å². The molecule has 0 fully saturated rings. The number of carboxylic acid groups (broad SMARTS) is 1. The van der Waals surface area contributed by atoms with E-state index in [1.807, 2.05) is 0 Å². The van der Waals surface area contributed by atoms with Crippen LogP contribution in [0.15, 0.2) is 42.7 Å². The van der Waals surface area contributed by atoms with Gasteiger partial charge in [0.2, 0.25) is 0 Å². The Kier molecular flexibility index (Phi) is 3.09. The van der Waals surface area contributed by atoms with Crippen LogP contribution < -0.4 is 0 Å². The van der Waals surface area contributed by atoms with Crippen molar-refractivity contribution in [2.24, 2.45) is 0 Å². The van der Waals surface area contributed by atoms with Gasteiger partial charge in [-0.15, -0.1) is 0 Å². The summed E-state index contributed by atoms with van der Waals surface area (Å²) in [6, 6.07) is 5.97. The predicted octanol–water partition coefficient (Wildman–Crippen LogP) is 3.11. The van der Waals surface area contributed by atoms with Gasteiger partial charge in [0.15, 0.2) is 5.65 Å². The number of rotatable bonds is 2. The fourth-order valence-electron chi connectivity index (χ4n) is 2.16. The van der Waals surface area contributed by atoms with Gasteiger partial charge >= 0.3 is 12.1 Å². The molecule has 0 saturated carbocycles. The van der Waals surface area contributed by atoms with Gasteiger partial charge in [0.25, 0.3) is 0 Å². The molecule has 0 aliphatic carbocycles. The summed E-state index contributed by atoms with van der Waals surface area (Å²) >= 11 is 0. The lowest BCUT2D eigenvalue weighted by Crippen LogP contribution is -2.09. The van der Waals surface area contributed by atoms with Crippen molar-refractivity contribution < 1.29 is 23.1 Å². The van der Waals surface area contributed by atoms with Crippen LogP contribution in [0.3, 0.4) is 0 Å². The summed E-state index contributed by atoms with van der Waals surface area (Å²) in [5.41, 5.74) is -1.30. The summed E-state index contributed by atoms with van der Waals surface area (Å²) in [5.74, 6) is -1.29. The summed E-state index contributed by atoms with van der Waals surface area (Å²) in [6.45, 7) is 0. The molecule has 0 radical (unpaired) electrons. The van der Waals surface area contributed by atoms with Crippen LogP contribution in [0.25, 0.3) is 16.9 Å². The van der Waals surface area contributed by atoms with Gasteiger partial charge in [0.1, 0.15) is 5.56 Å². The Morgan fingerprint density at radius 2 is 1.95 bits per heavy atom. The molecule has 0 saturated heterocycles. The SMILES string of the molecule is O=C(O)c1cc(-c2ccccc2C(F)(F)F)nn2ccnc12. The normalized spacial score (nSPS) is 11.8. The van der Waals surface area contributed by atoms with Crippen molar-refractivity contribution in [3.63, 3.8) is 0 Å². The number of fused-ring (bicyclic) bond motifs is 1. The molecule has 22 heavy (non-hydrogen) atoms. The first-order chi connectivity index (χ1) is 10.4. The summed E-state index contributed by atoms with van der Waals surface area (Å²) in [5, 5.41) is 13.2. The number of aromatic carboxylic acids is 1. The number of carboxylic acids is 1. The molecule has 0 amide bonds. The number of imidazole rings is 1. The molecule has 1 aromatic carbocycles. The fraction of sp³-hybridized carbons (Fsp3) is 0.0714. The smallest absolute Gasteiger partial charge is 0.417 e. The van der Waals surface area contributed by atoms with Crippen molar-refractivity contribution in [1.82, 2.24) is 14.6 Å². The number of halogens is 3. The van der Waals surface area contributed by atoms with Crippen molar-refractivity contribution in [2.75, 3.05) is 0 Å². The van der Waals surface area contributed by atoms with E-state index in [0.29, 0.717) is 0 Å². The minimum absolute atomic E-state index is 0.0701. The van der Waals surface area contributed by atoms with E-state index in [1.165, 1.54) is 30.6 Å². The lowest BCUT2D eigenvalue weighted by atomic mass is 10.0. The number of aromatic nitrogens is 3. The number of hydrogen-bond acceptors (Lipinski definition) is 3. The van der Waals surface area contributed by atoms with E-state index >= 15 is 0 Å². The summed E-state index contributed by atoms with van der Waals surface area (Å²) < 4.78 is 40.4. The maximum atomic E-state index is 13.1. The van der Waals surface area contributed by atoms with Crippen LogP contribution in [0.4, 0.5) is 13.2 Å². The van der Waals surface area contributed by atoms with E-state index in [0.717, 1.165) is 16.6 Å². The number of alkyl halides is 3. The first kappa shape index (κ1) is 14.1. The molecule has 0 bridgehead atoms. The van der Waals surface area contributed by atoms with E-state index in [9.17, 15) is 23.1 Å². The Labute approximate surface area is 121 Å². The molecule has 2 aromatic heterocycles. The lowest BCUT2D eigenvalue weighted by molar-refractivity contribution is -0.137. The van der Waals surface area contributed by atoms with Crippen LogP contribution in [0.2, 0.25) is 0 Å². The van der Waals surface area contributed by atoms with Crippen LogP contribution in [0.5, 0.6) is 0 Å². The van der Waals surface area contributed by atoms with Gasteiger partial charge in [0, 0.05) is 18.0 Å². The lowest BCUT2D eigenvalue weighted by Gasteiger charge is -2.12. The molecule has 0 aliphatic rings. The summed E-state index contributed by atoms with van der Waals surface area (Å²) in [4.78, 5) is 15.1. The van der Waals surface area contributed by atoms with Gasteiger partial charge in [0.05, 0.1) is 11.3 Å². The quantitative estimate of drug-likeness (QED) is 0.790. The molecule has 112 valence electrons. The average molecular weight is 307 g/mol. The first-order valence-corrected chi connectivity index (χ1v) is 6.12. The van der Waals surface area contributed by atoms with E-state index < -0.39 is 17.7 Å². The second-order valence-electron chi connectivity index (χ2n) is 4.49. The van der Waals surface area contributed by atoms with Crippen molar-refractivity contribution in [3.8, 4) is 11.3 Å². The van der Waals surface area contributed by atoms with Crippen molar-refractivity contribution >= 4 is 11.6 Å². The minimum Gasteiger partial charge on any atom is -0.478 e. The average Bonchev–Trinajstić information content (AvgIpc) is 2.93. The monoisotopic (exact) mass is 307 g/mol. The zero-order valence-corrected chi connectivity index (χ0v) is 10.9. The van der Waals surface area contributed by atoms with E-state index in [-0.39, 0.29) is 22.5 Å². The fourth-order valence-corrected chi connectivity index (χ4v) is 2.16. The molecule has 8 heteroatoms. The van der Waals surface area contributed by atoms with Crippen molar-refractivity contribution in [2.45, 2.75) is 6.18 Å². The van der Waals surface area contributed by atoms with Gasteiger partial charge in [-0.25, -0.2) is 14.3 Å². The van der Waals surface area contributed by atoms with Crippen molar-refractivity contribution in [1.29, 1.82) is 0 Å². The molecular weight excluding hydrogens is 299 g/mol. The molecule has 0 unspecified atom stereocenters. The maximum absolute atomic E-state index is 13.1. The van der Waals surface area contributed by atoms with Crippen LogP contribution in [-0.4, -0.2) is 25.7 Å². The molecule has 3 rings (SSSR count). The number of carbonyl (C=O) groups is 1. The van der Waals surface area contributed by atoms with Gasteiger partial charge in [-0.05, 0) is 12.1 Å². The van der Waals surface area contributed by atoms with Crippen LogP contribution in [-0.2, 0) is 6.18 Å². The maximum Gasteiger partial charge on any atom is 0.417 e. The molecule has 0 spiro atoms. The van der Waals surface area contributed by atoms with E-state index in [1.54, 1.807) is 0 Å². The second-order valence-corrected chi connectivity index (χ2v) is 4.49. The summed E-state index contributed by atoms with van der Waals surface area (Å²) in [6.07, 6.45) is -1.86. The second kappa shape index (κ2) is 4.83. The number of nitrogens with zero attached hydrogens (tertiary/aromatic N) is 3. The van der Waals surface area contributed by atoms with Gasteiger partial charge < -0.3 is 5.11 Å². The predicted molar refractivity (Wildman–Crippen MR) is 70.4 cm³/mol. The highest BCUT2D eigenvalue weighted by molar-refractivity contribution is 5.95. The third-order valence-electron chi connectivity index (χ3n) is 3.10. The Morgan fingerprint density at radius 1 is 1.23 bits per heavy atom. The number of benzene rings is 1. The van der Waals surface area contributed by atoms with Crippen LogP contribution >= 0.6 is 0 Å². The molecule has 5 nitrogen and oxygen atoms in total. The molecular formula is C14H8F3N3O2. The summed E-state index contributed by atoms with van der Waals surface area (Å²) in [7, 11) is 0. The topological polar surface area (TPSA) is 67.5 Å². The van der Waals surface area contributed by atoms with Crippen LogP contribution in [0.1, 0.15) is 15.9 Å². The Bertz CT molecular complexity index is 871. The molecule has 3 aromatic rings. The van der Waals surface area contributed by atoms with Crippen LogP contribution in [0, 0.1) is 0 Å². The first-order valence-electron chi connectivity index (χ1n) is 6.12. The zero-order valence-electron chi connectivity index (χ0n) is 10.9. The van der Waals surface area contributed by atoms with Crippen molar-refractivity contribution in [3.05, 3.63) is 53.9 Å². The third kappa shape index (κ3) is 2.28. The third-order valence-corrected chi connectivity index (χ3v) is 3.10. The van der Waals surface area contributed by atoms with Gasteiger partial charge in [-0.2, -0.15) is 18.3 Å². The highest BCUT2D eigenvalue weighted by Crippen LogP contribution is 2.36. The van der Waals surface area contributed by atoms with E-state index in [4.69, 9.17) is 0 Å². The number of hydrogen-bond donors (Lipinski definition) is 1. The highest BCUT2D eigenvalue weighted by Gasteiger charge is 2.34. The molecule has 2 heterocycles. The highest BCUT2D eigenvalue weighted by atomic mass is 19.4. The zero-order chi connectivity index (χ0) is 15.9. The molecule has 0 atom stereocenters. The van der Waals surface area contributed by atoms with E-state index in [2.05, 4.69) is 10.1 Å². The minimum atomic E-state index is -4.56. The Morgan fingerprint density at radius 3 is 2.64 bits per heavy atom. The van der Waals surface area contributed by atoms with Gasteiger partial charge in [-0.1, -0.05) is 18.2 Å². The Hall–Kier alpha value is -2.90.